The number of hydrogen-bond donors (Lipinski definition) is 1. The van der Waals surface area contributed by atoms with E-state index in [9.17, 15) is 29.2 Å². The molecule has 6 heterocycles. The van der Waals surface area contributed by atoms with Crippen molar-refractivity contribution in [3.05, 3.63) is 94.3 Å². The molecule has 0 spiro atoms. The van der Waals surface area contributed by atoms with Crippen molar-refractivity contribution in [3.8, 4) is 17.2 Å². The van der Waals surface area contributed by atoms with Crippen molar-refractivity contribution in [2.45, 2.75) is 51.0 Å². The Morgan fingerprint density at radius 2 is 1.51 bits per heavy atom. The predicted molar refractivity (Wildman–Crippen MR) is 221 cm³/mol. The highest BCUT2D eigenvalue weighted by Crippen LogP contribution is 2.47. The molecule has 5 amide bonds. The molecule has 3 fully saturated rings. The smallest absolute Gasteiger partial charge is 0.262 e. The largest absolute Gasteiger partial charge is 0.369 e. The number of piperazine rings is 1. The van der Waals surface area contributed by atoms with Crippen LogP contribution in [0.5, 0.6) is 0 Å². The van der Waals surface area contributed by atoms with Crippen molar-refractivity contribution in [2.75, 3.05) is 60.5 Å². The predicted octanol–water partition coefficient (Wildman–Crippen LogP) is 5.06. The second-order valence-electron chi connectivity index (χ2n) is 16.4. The highest BCUT2D eigenvalue weighted by Gasteiger charge is 2.46. The van der Waals surface area contributed by atoms with Crippen LogP contribution >= 0.6 is 11.6 Å². The van der Waals surface area contributed by atoms with E-state index >= 15 is 0 Å². The Kier molecular flexibility index (Phi) is 9.68. The molecular weight excluding hydrogens is 770 g/mol. The molecule has 1 aromatic heterocycles. The highest BCUT2D eigenvalue weighted by atomic mass is 35.5. The van der Waals surface area contributed by atoms with Gasteiger partial charge in [0.15, 0.2) is 0 Å². The zero-order chi connectivity index (χ0) is 41.2. The number of hydrogen-bond acceptors (Lipinski definition) is 11. The van der Waals surface area contributed by atoms with Crippen LogP contribution in [0.15, 0.2) is 67.0 Å². The summed E-state index contributed by atoms with van der Waals surface area (Å²) in [6.07, 6.45) is 5.98. The van der Waals surface area contributed by atoms with Crippen LogP contribution < -0.4 is 20.0 Å². The molecule has 59 heavy (non-hydrogen) atoms. The van der Waals surface area contributed by atoms with Gasteiger partial charge in [0, 0.05) is 75.9 Å². The minimum atomic E-state index is -0.978. The number of piperidine rings is 2. The molecule has 15 heteroatoms. The monoisotopic (exact) mass is 811 g/mol. The summed E-state index contributed by atoms with van der Waals surface area (Å²) >= 11 is 6.33. The number of carbonyl (C=O) groups excluding carboxylic acids is 5. The standard InChI is InChI=1S/C44H42ClN9O5/c1-44(2)34-19-27(4-8-36(34)53(42(44)59)31-5-3-28(22-46)35(45)21-31)29-23-47-43(48-24-29)52-13-11-26(12-14-52)25-50-15-17-51(18-16-50)30-6-7-32-33(20-30)41(58)54(40(32)57)37-9-10-38(55)49-39(37)56/h3-8,19-21,23-24,26,37H,9-18,25H2,1-2H3,(H,49,55,56). The van der Waals surface area contributed by atoms with Gasteiger partial charge < -0.3 is 9.80 Å². The molecule has 0 radical (unpaired) electrons. The third-order valence-corrected chi connectivity index (χ3v) is 12.8. The van der Waals surface area contributed by atoms with Gasteiger partial charge in [-0.15, -0.1) is 0 Å². The Morgan fingerprint density at radius 3 is 2.20 bits per heavy atom. The van der Waals surface area contributed by atoms with E-state index in [1.54, 1.807) is 35.2 Å². The number of amides is 5. The van der Waals surface area contributed by atoms with Crippen LogP contribution in [0.4, 0.5) is 23.0 Å². The van der Waals surface area contributed by atoms with Gasteiger partial charge in [0.1, 0.15) is 12.1 Å². The number of aromatic nitrogens is 2. The molecule has 0 saturated carbocycles. The SMILES string of the molecule is CC1(C)C(=O)N(c2ccc(C#N)c(Cl)c2)c2ccc(-c3cnc(N4CCC(CN5CCN(c6ccc7c(c6)C(=O)N(C6CCC(=O)NC6=O)C7=O)CC5)CC4)nc3)cc21. The molecule has 1 atom stereocenters. The van der Waals surface area contributed by atoms with Crippen LogP contribution in [0, 0.1) is 17.2 Å². The van der Waals surface area contributed by atoms with Crippen LogP contribution in [-0.4, -0.2) is 101 Å². The van der Waals surface area contributed by atoms with E-state index in [0.29, 0.717) is 33.7 Å². The lowest BCUT2D eigenvalue weighted by Gasteiger charge is -2.39. The summed E-state index contributed by atoms with van der Waals surface area (Å²) in [6.45, 7) is 9.92. The molecule has 0 bridgehead atoms. The first-order valence-electron chi connectivity index (χ1n) is 20.0. The van der Waals surface area contributed by atoms with Gasteiger partial charge in [0.05, 0.1) is 38.5 Å². The molecule has 1 N–H and O–H groups in total. The number of fused-ring (bicyclic) bond motifs is 2. The number of benzene rings is 3. The second-order valence-corrected chi connectivity index (χ2v) is 16.8. The number of carbonyl (C=O) groups is 5. The number of nitriles is 1. The number of imide groups is 2. The van der Waals surface area contributed by atoms with Crippen LogP contribution in [0.3, 0.4) is 0 Å². The summed E-state index contributed by atoms with van der Waals surface area (Å²) < 4.78 is 0. The quantitative estimate of drug-likeness (QED) is 0.248. The summed E-state index contributed by atoms with van der Waals surface area (Å²) in [4.78, 5) is 83.4. The molecule has 3 saturated heterocycles. The van der Waals surface area contributed by atoms with E-state index in [4.69, 9.17) is 21.6 Å². The van der Waals surface area contributed by atoms with Gasteiger partial charge in [0.25, 0.3) is 11.8 Å². The number of nitrogens with zero attached hydrogens (tertiary/aromatic N) is 8. The maximum Gasteiger partial charge on any atom is 0.262 e. The average Bonchev–Trinajstić information content (AvgIpc) is 3.61. The van der Waals surface area contributed by atoms with Crippen molar-refractivity contribution in [1.82, 2.24) is 25.1 Å². The van der Waals surface area contributed by atoms with Crippen LogP contribution in [0.25, 0.3) is 11.1 Å². The van der Waals surface area contributed by atoms with Gasteiger partial charge in [-0.3, -0.25) is 44.0 Å². The fourth-order valence-electron chi connectivity index (χ4n) is 9.06. The van der Waals surface area contributed by atoms with Crippen molar-refractivity contribution in [1.29, 1.82) is 5.26 Å². The molecule has 9 rings (SSSR count). The maximum atomic E-state index is 13.7. The lowest BCUT2D eigenvalue weighted by atomic mass is 9.85. The molecule has 4 aromatic rings. The average molecular weight is 812 g/mol. The summed E-state index contributed by atoms with van der Waals surface area (Å²) in [5.74, 6) is -0.805. The van der Waals surface area contributed by atoms with Gasteiger partial charge in [-0.25, -0.2) is 9.97 Å². The van der Waals surface area contributed by atoms with E-state index in [0.717, 1.165) is 91.6 Å². The van der Waals surface area contributed by atoms with Crippen LogP contribution in [0.2, 0.25) is 5.02 Å². The molecular formula is C44H42ClN9O5. The lowest BCUT2D eigenvalue weighted by molar-refractivity contribution is -0.136. The molecule has 0 aliphatic carbocycles. The van der Waals surface area contributed by atoms with Gasteiger partial charge in [-0.05, 0) is 98.7 Å². The normalized spacial score (nSPS) is 20.8. The topological polar surface area (TPSA) is 163 Å². The van der Waals surface area contributed by atoms with Gasteiger partial charge in [-0.1, -0.05) is 17.7 Å². The summed E-state index contributed by atoms with van der Waals surface area (Å²) in [7, 11) is 0. The number of halogens is 1. The summed E-state index contributed by atoms with van der Waals surface area (Å²) in [5.41, 5.74) is 5.13. The fraction of sp³-hybridized carbons (Fsp3) is 0.364. The van der Waals surface area contributed by atoms with Crippen LogP contribution in [0.1, 0.15) is 71.4 Å². The van der Waals surface area contributed by atoms with Crippen molar-refractivity contribution in [3.63, 3.8) is 0 Å². The Hall–Kier alpha value is -6.17. The third kappa shape index (κ3) is 6.77. The van der Waals surface area contributed by atoms with E-state index < -0.39 is 35.1 Å². The Morgan fingerprint density at radius 1 is 0.797 bits per heavy atom. The van der Waals surface area contributed by atoms with Crippen molar-refractivity contribution < 1.29 is 24.0 Å². The van der Waals surface area contributed by atoms with Crippen molar-refractivity contribution >= 4 is 64.1 Å². The molecule has 3 aromatic carbocycles. The molecule has 1 unspecified atom stereocenters. The van der Waals surface area contributed by atoms with Gasteiger partial charge in [-0.2, -0.15) is 5.26 Å². The second kappa shape index (κ2) is 14.9. The molecule has 300 valence electrons. The van der Waals surface area contributed by atoms with Crippen molar-refractivity contribution in [2.24, 2.45) is 5.92 Å². The van der Waals surface area contributed by atoms with Gasteiger partial charge in [0.2, 0.25) is 23.7 Å². The van der Waals surface area contributed by atoms with Gasteiger partial charge >= 0.3 is 0 Å². The lowest BCUT2D eigenvalue weighted by Crippen LogP contribution is -2.54. The summed E-state index contributed by atoms with van der Waals surface area (Å²) in [6, 6.07) is 17.4. The van der Waals surface area contributed by atoms with Crippen LogP contribution in [-0.2, 0) is 19.8 Å². The summed E-state index contributed by atoms with van der Waals surface area (Å²) in [5, 5.41) is 11.9. The highest BCUT2D eigenvalue weighted by molar-refractivity contribution is 6.32. The van der Waals surface area contributed by atoms with E-state index in [-0.39, 0.29) is 24.3 Å². The maximum absolute atomic E-state index is 13.7. The number of rotatable bonds is 7. The van der Waals surface area contributed by atoms with E-state index in [1.165, 1.54) is 0 Å². The zero-order valence-electron chi connectivity index (χ0n) is 32.8. The minimum Gasteiger partial charge on any atom is -0.369 e. The molecule has 5 aliphatic heterocycles. The first kappa shape index (κ1) is 38.4. The third-order valence-electron chi connectivity index (χ3n) is 12.5. The molecule has 5 aliphatic rings. The fourth-order valence-corrected chi connectivity index (χ4v) is 9.28. The Balaban J connectivity index is 0.779. The number of nitrogens with one attached hydrogen (secondary N) is 1. The first-order chi connectivity index (χ1) is 28.4. The minimum absolute atomic E-state index is 0.0705. The Labute approximate surface area is 346 Å². The zero-order valence-corrected chi connectivity index (χ0v) is 33.5. The van der Waals surface area contributed by atoms with E-state index in [1.807, 2.05) is 50.5 Å². The number of anilines is 4. The molecule has 14 nitrogen and oxygen atoms in total. The Bertz CT molecular complexity index is 2470. The van der Waals surface area contributed by atoms with E-state index in [2.05, 4.69) is 26.1 Å². The first-order valence-corrected chi connectivity index (χ1v) is 20.4.